The first-order valence-electron chi connectivity index (χ1n) is 7.83. The first kappa shape index (κ1) is 15.3. The molecule has 1 aromatic carbocycles. The molecule has 0 saturated carbocycles. The standard InChI is InChI=1S/C17H27NO2/c1-3-4-14-9-11-18(12-10-14)13(2)17(20)15-5-7-16(19)8-6-15/h5-8,13-14,17,19-20H,3-4,9-12H2,1-2H3/t13-,17+/m1/s1. The number of aromatic hydroxyl groups is 1. The van der Waals surface area contributed by atoms with E-state index >= 15 is 0 Å². The van der Waals surface area contributed by atoms with Crippen molar-refractivity contribution in [3.8, 4) is 5.75 Å². The predicted molar refractivity (Wildman–Crippen MR) is 81.7 cm³/mol. The monoisotopic (exact) mass is 277 g/mol. The van der Waals surface area contributed by atoms with Crippen molar-refractivity contribution in [3.63, 3.8) is 0 Å². The largest absolute Gasteiger partial charge is 0.508 e. The van der Waals surface area contributed by atoms with E-state index in [1.165, 1.54) is 25.7 Å². The van der Waals surface area contributed by atoms with Gasteiger partial charge in [-0.2, -0.15) is 0 Å². The number of rotatable bonds is 5. The summed E-state index contributed by atoms with van der Waals surface area (Å²) in [6, 6.07) is 7.01. The van der Waals surface area contributed by atoms with Gasteiger partial charge in [-0.05, 0) is 56.5 Å². The molecule has 0 spiro atoms. The number of phenols is 1. The van der Waals surface area contributed by atoms with Gasteiger partial charge in [0.2, 0.25) is 0 Å². The third kappa shape index (κ3) is 3.74. The average Bonchev–Trinajstić information content (AvgIpc) is 2.48. The summed E-state index contributed by atoms with van der Waals surface area (Å²) in [4.78, 5) is 2.39. The van der Waals surface area contributed by atoms with Gasteiger partial charge in [-0.3, -0.25) is 4.90 Å². The van der Waals surface area contributed by atoms with Gasteiger partial charge >= 0.3 is 0 Å². The van der Waals surface area contributed by atoms with Gasteiger partial charge in [-0.15, -0.1) is 0 Å². The van der Waals surface area contributed by atoms with E-state index in [2.05, 4.69) is 18.7 Å². The lowest BCUT2D eigenvalue weighted by molar-refractivity contribution is 0.0363. The Morgan fingerprint density at radius 2 is 1.80 bits per heavy atom. The molecule has 0 aromatic heterocycles. The van der Waals surface area contributed by atoms with Crippen LogP contribution in [0.2, 0.25) is 0 Å². The van der Waals surface area contributed by atoms with E-state index in [4.69, 9.17) is 0 Å². The zero-order chi connectivity index (χ0) is 14.5. The van der Waals surface area contributed by atoms with E-state index in [9.17, 15) is 10.2 Å². The lowest BCUT2D eigenvalue weighted by Gasteiger charge is -2.38. The first-order valence-corrected chi connectivity index (χ1v) is 7.83. The summed E-state index contributed by atoms with van der Waals surface area (Å²) in [5.74, 6) is 1.11. The molecule has 1 fully saturated rings. The molecule has 1 saturated heterocycles. The van der Waals surface area contributed by atoms with Crippen LogP contribution in [0, 0.1) is 5.92 Å². The van der Waals surface area contributed by atoms with Crippen molar-refractivity contribution < 1.29 is 10.2 Å². The summed E-state index contributed by atoms with van der Waals surface area (Å²) in [6.07, 6.45) is 4.62. The molecule has 0 aliphatic carbocycles. The molecule has 0 bridgehead atoms. The number of benzene rings is 1. The van der Waals surface area contributed by atoms with Crippen LogP contribution in [0.15, 0.2) is 24.3 Å². The van der Waals surface area contributed by atoms with E-state index in [1.807, 2.05) is 0 Å². The van der Waals surface area contributed by atoms with E-state index in [-0.39, 0.29) is 11.8 Å². The highest BCUT2D eigenvalue weighted by molar-refractivity contribution is 5.27. The molecule has 2 N–H and O–H groups in total. The number of aliphatic hydroxyl groups excluding tert-OH is 1. The number of nitrogens with zero attached hydrogens (tertiary/aromatic N) is 1. The minimum Gasteiger partial charge on any atom is -0.508 e. The third-order valence-electron chi connectivity index (χ3n) is 4.61. The first-order chi connectivity index (χ1) is 9.61. The number of phenolic OH excluding ortho intramolecular Hbond substituents is 1. The van der Waals surface area contributed by atoms with Gasteiger partial charge in [-0.25, -0.2) is 0 Å². The van der Waals surface area contributed by atoms with Crippen molar-refractivity contribution in [2.75, 3.05) is 13.1 Å². The van der Waals surface area contributed by atoms with Gasteiger partial charge in [0.25, 0.3) is 0 Å². The molecule has 1 heterocycles. The van der Waals surface area contributed by atoms with Gasteiger partial charge in [0.15, 0.2) is 0 Å². The van der Waals surface area contributed by atoms with Gasteiger partial charge < -0.3 is 10.2 Å². The highest BCUT2D eigenvalue weighted by Crippen LogP contribution is 2.28. The maximum absolute atomic E-state index is 10.5. The molecule has 20 heavy (non-hydrogen) atoms. The van der Waals surface area contributed by atoms with Crippen molar-refractivity contribution >= 4 is 0 Å². The Morgan fingerprint density at radius 1 is 1.20 bits per heavy atom. The fraction of sp³-hybridized carbons (Fsp3) is 0.647. The maximum atomic E-state index is 10.5. The van der Waals surface area contributed by atoms with Crippen LogP contribution >= 0.6 is 0 Å². The average molecular weight is 277 g/mol. The Bertz CT molecular complexity index is 396. The van der Waals surface area contributed by atoms with Crippen LogP contribution in [0.25, 0.3) is 0 Å². The number of piperidine rings is 1. The van der Waals surface area contributed by atoms with Crippen LogP contribution in [-0.4, -0.2) is 34.2 Å². The molecule has 0 unspecified atom stereocenters. The quantitative estimate of drug-likeness (QED) is 0.867. The number of aliphatic hydroxyl groups is 1. The predicted octanol–water partition coefficient (Wildman–Crippen LogP) is 3.33. The van der Waals surface area contributed by atoms with E-state index < -0.39 is 6.10 Å². The second-order valence-corrected chi connectivity index (χ2v) is 6.04. The lowest BCUT2D eigenvalue weighted by atomic mass is 9.91. The second-order valence-electron chi connectivity index (χ2n) is 6.04. The second kappa shape index (κ2) is 7.09. The topological polar surface area (TPSA) is 43.7 Å². The van der Waals surface area contributed by atoms with Gasteiger partial charge in [-0.1, -0.05) is 31.9 Å². The summed E-state index contributed by atoms with van der Waals surface area (Å²) >= 11 is 0. The lowest BCUT2D eigenvalue weighted by Crippen LogP contribution is -2.42. The number of hydrogen-bond donors (Lipinski definition) is 2. The summed E-state index contributed by atoms with van der Waals surface area (Å²) in [5, 5.41) is 19.8. The van der Waals surface area contributed by atoms with Gasteiger partial charge in [0.1, 0.15) is 5.75 Å². The number of likely N-dealkylation sites (tertiary alicyclic amines) is 1. The zero-order valence-corrected chi connectivity index (χ0v) is 12.6. The maximum Gasteiger partial charge on any atom is 0.115 e. The molecule has 1 aliphatic heterocycles. The molecule has 112 valence electrons. The van der Waals surface area contributed by atoms with Crippen LogP contribution in [0.4, 0.5) is 0 Å². The van der Waals surface area contributed by atoms with Crippen molar-refractivity contribution in [2.24, 2.45) is 5.92 Å². The molecule has 2 rings (SSSR count). The summed E-state index contributed by atoms with van der Waals surface area (Å²) in [5.41, 5.74) is 0.881. The fourth-order valence-electron chi connectivity index (χ4n) is 3.21. The van der Waals surface area contributed by atoms with E-state index in [0.29, 0.717) is 0 Å². The van der Waals surface area contributed by atoms with Crippen LogP contribution in [-0.2, 0) is 0 Å². The summed E-state index contributed by atoms with van der Waals surface area (Å²) < 4.78 is 0. The van der Waals surface area contributed by atoms with Crippen LogP contribution < -0.4 is 0 Å². The Morgan fingerprint density at radius 3 is 2.35 bits per heavy atom. The molecule has 1 aliphatic rings. The van der Waals surface area contributed by atoms with Gasteiger partial charge in [0.05, 0.1) is 6.10 Å². The summed E-state index contributed by atoms with van der Waals surface area (Å²) in [6.45, 7) is 6.52. The normalized spacial score (nSPS) is 20.8. The highest BCUT2D eigenvalue weighted by Gasteiger charge is 2.27. The Hall–Kier alpha value is -1.06. The third-order valence-corrected chi connectivity index (χ3v) is 4.61. The molecular weight excluding hydrogens is 250 g/mol. The minimum atomic E-state index is -0.488. The molecule has 1 aromatic rings. The molecule has 0 radical (unpaired) electrons. The Labute approximate surface area is 122 Å². The Kier molecular flexibility index (Phi) is 5.44. The molecule has 3 heteroatoms. The summed E-state index contributed by atoms with van der Waals surface area (Å²) in [7, 11) is 0. The smallest absolute Gasteiger partial charge is 0.115 e. The molecular formula is C17H27NO2. The van der Waals surface area contributed by atoms with E-state index in [0.717, 1.165) is 24.6 Å². The number of hydrogen-bond acceptors (Lipinski definition) is 3. The van der Waals surface area contributed by atoms with Crippen LogP contribution in [0.1, 0.15) is 51.2 Å². The molecule has 0 amide bonds. The van der Waals surface area contributed by atoms with Crippen LogP contribution in [0.5, 0.6) is 5.75 Å². The Balaban J connectivity index is 1.91. The van der Waals surface area contributed by atoms with Crippen molar-refractivity contribution in [2.45, 2.75) is 51.7 Å². The molecule has 3 nitrogen and oxygen atoms in total. The van der Waals surface area contributed by atoms with Gasteiger partial charge in [0, 0.05) is 6.04 Å². The van der Waals surface area contributed by atoms with Crippen molar-refractivity contribution in [1.82, 2.24) is 4.90 Å². The SMILES string of the molecule is CCCC1CCN([C@H](C)[C@H](O)c2ccc(O)cc2)CC1. The van der Waals surface area contributed by atoms with Crippen molar-refractivity contribution in [3.05, 3.63) is 29.8 Å². The van der Waals surface area contributed by atoms with Crippen LogP contribution in [0.3, 0.4) is 0 Å². The fourth-order valence-corrected chi connectivity index (χ4v) is 3.21. The molecule has 2 atom stereocenters. The highest BCUT2D eigenvalue weighted by atomic mass is 16.3. The van der Waals surface area contributed by atoms with Crippen molar-refractivity contribution in [1.29, 1.82) is 0 Å². The minimum absolute atomic E-state index is 0.127. The zero-order valence-electron chi connectivity index (χ0n) is 12.6. The van der Waals surface area contributed by atoms with E-state index in [1.54, 1.807) is 24.3 Å².